The molecule has 124 valence electrons. The first-order chi connectivity index (χ1) is 12.1. The summed E-state index contributed by atoms with van der Waals surface area (Å²) in [6.45, 7) is 3.71. The van der Waals surface area contributed by atoms with Crippen LogP contribution in [0, 0.1) is 0 Å². The van der Waals surface area contributed by atoms with Gasteiger partial charge in [0.25, 0.3) is 11.1 Å². The maximum atomic E-state index is 12.6. The van der Waals surface area contributed by atoms with E-state index in [9.17, 15) is 9.59 Å². The fourth-order valence-corrected chi connectivity index (χ4v) is 4.20. The van der Waals surface area contributed by atoms with Gasteiger partial charge in [-0.3, -0.25) is 14.5 Å². The van der Waals surface area contributed by atoms with Gasteiger partial charge in [0.05, 0.1) is 4.91 Å². The summed E-state index contributed by atoms with van der Waals surface area (Å²) in [5.41, 5.74) is 0.989. The van der Waals surface area contributed by atoms with Gasteiger partial charge in [0, 0.05) is 6.04 Å². The number of thioether (sulfide) groups is 1. The predicted molar refractivity (Wildman–Crippen MR) is 104 cm³/mol. The summed E-state index contributed by atoms with van der Waals surface area (Å²) in [6, 6.07) is 18.3. The predicted octanol–water partition coefficient (Wildman–Crippen LogP) is 5.44. The van der Waals surface area contributed by atoms with Gasteiger partial charge in [0.2, 0.25) is 0 Å². The molecule has 0 radical (unpaired) electrons. The van der Waals surface area contributed by atoms with Crippen LogP contribution in [0.1, 0.15) is 19.4 Å². The molecule has 25 heavy (non-hydrogen) atoms. The van der Waals surface area contributed by atoms with Crippen molar-refractivity contribution in [3.8, 4) is 0 Å². The van der Waals surface area contributed by atoms with Crippen LogP contribution < -0.4 is 0 Å². The summed E-state index contributed by atoms with van der Waals surface area (Å²) in [5, 5.41) is 4.21. The average molecular weight is 347 g/mol. The monoisotopic (exact) mass is 347 g/mol. The van der Waals surface area contributed by atoms with E-state index in [2.05, 4.69) is 30.3 Å². The minimum absolute atomic E-state index is 0.136. The van der Waals surface area contributed by atoms with Crippen molar-refractivity contribution in [3.63, 3.8) is 0 Å². The number of carbonyl (C=O) groups is 2. The smallest absolute Gasteiger partial charge is 0.268 e. The molecule has 3 aromatic carbocycles. The third-order valence-corrected chi connectivity index (χ3v) is 5.31. The lowest BCUT2D eigenvalue weighted by Gasteiger charge is -2.16. The number of rotatable bonds is 2. The Kier molecular flexibility index (Phi) is 3.85. The first-order valence-corrected chi connectivity index (χ1v) is 9.05. The van der Waals surface area contributed by atoms with Crippen molar-refractivity contribution in [3.05, 3.63) is 65.1 Å². The molecule has 1 saturated heterocycles. The Morgan fingerprint density at radius 3 is 2.00 bits per heavy atom. The van der Waals surface area contributed by atoms with Crippen molar-refractivity contribution in [2.75, 3.05) is 0 Å². The van der Waals surface area contributed by atoms with Gasteiger partial charge in [0.1, 0.15) is 0 Å². The van der Waals surface area contributed by atoms with E-state index < -0.39 is 0 Å². The quantitative estimate of drug-likeness (QED) is 0.458. The maximum absolute atomic E-state index is 12.6. The molecule has 0 spiro atoms. The summed E-state index contributed by atoms with van der Waals surface area (Å²) in [6.07, 6.45) is 1.87. The molecule has 0 aliphatic carbocycles. The number of hydrogen-bond acceptors (Lipinski definition) is 3. The Hall–Kier alpha value is -2.59. The zero-order valence-electron chi connectivity index (χ0n) is 14.0. The Labute approximate surface area is 150 Å². The van der Waals surface area contributed by atoms with Crippen molar-refractivity contribution < 1.29 is 9.59 Å². The van der Waals surface area contributed by atoms with E-state index in [1.807, 2.05) is 44.2 Å². The number of amides is 2. The molecule has 0 unspecified atom stereocenters. The van der Waals surface area contributed by atoms with E-state index in [0.717, 1.165) is 38.9 Å². The van der Waals surface area contributed by atoms with E-state index >= 15 is 0 Å². The van der Waals surface area contributed by atoms with Gasteiger partial charge in [-0.1, -0.05) is 48.5 Å². The fraction of sp³-hybridized carbons (Fsp3) is 0.143. The first-order valence-electron chi connectivity index (χ1n) is 8.24. The summed E-state index contributed by atoms with van der Waals surface area (Å²) in [7, 11) is 0. The highest BCUT2D eigenvalue weighted by molar-refractivity contribution is 8.18. The van der Waals surface area contributed by atoms with Crippen molar-refractivity contribution in [2.24, 2.45) is 0 Å². The van der Waals surface area contributed by atoms with Crippen molar-refractivity contribution in [1.29, 1.82) is 0 Å². The lowest BCUT2D eigenvalue weighted by molar-refractivity contribution is -0.123. The highest BCUT2D eigenvalue weighted by atomic mass is 32.2. The second-order valence-corrected chi connectivity index (χ2v) is 7.37. The van der Waals surface area contributed by atoms with Crippen LogP contribution >= 0.6 is 11.8 Å². The summed E-state index contributed by atoms with van der Waals surface area (Å²) in [4.78, 5) is 26.6. The van der Waals surface area contributed by atoms with Gasteiger partial charge in [0.15, 0.2) is 0 Å². The molecule has 0 aromatic heterocycles. The average Bonchev–Trinajstić information content (AvgIpc) is 2.88. The highest BCUT2D eigenvalue weighted by Crippen LogP contribution is 2.37. The molecule has 0 bridgehead atoms. The SMILES string of the molecule is CC(C)N1C(=O)S/C(=C/c2c3ccccc3cc3ccccc23)C1=O. The molecule has 0 N–H and O–H groups in total. The van der Waals surface area contributed by atoms with Gasteiger partial charge < -0.3 is 0 Å². The van der Waals surface area contributed by atoms with Crippen molar-refractivity contribution in [2.45, 2.75) is 19.9 Å². The molecule has 2 amide bonds. The van der Waals surface area contributed by atoms with Crippen molar-refractivity contribution in [1.82, 2.24) is 4.90 Å². The summed E-state index contributed by atoms with van der Waals surface area (Å²) >= 11 is 1.02. The Bertz CT molecular complexity index is 998. The maximum Gasteiger partial charge on any atom is 0.293 e. The number of nitrogens with zero attached hydrogens (tertiary/aromatic N) is 1. The lowest BCUT2D eigenvalue weighted by Crippen LogP contribution is -2.34. The van der Waals surface area contributed by atoms with E-state index in [1.54, 1.807) is 0 Å². The third kappa shape index (κ3) is 2.63. The Morgan fingerprint density at radius 2 is 1.48 bits per heavy atom. The second-order valence-electron chi connectivity index (χ2n) is 6.38. The molecule has 1 heterocycles. The van der Waals surface area contributed by atoms with Gasteiger partial charge in [-0.2, -0.15) is 0 Å². The van der Waals surface area contributed by atoms with Crippen LogP contribution in [-0.4, -0.2) is 22.1 Å². The molecule has 0 saturated carbocycles. The van der Waals surface area contributed by atoms with Crippen LogP contribution in [0.2, 0.25) is 0 Å². The molecule has 4 heteroatoms. The zero-order chi connectivity index (χ0) is 17.6. The largest absolute Gasteiger partial charge is 0.293 e. The van der Waals surface area contributed by atoms with E-state index in [-0.39, 0.29) is 17.2 Å². The second kappa shape index (κ2) is 6.05. The molecule has 4 rings (SSSR count). The van der Waals surface area contributed by atoms with Crippen LogP contribution in [0.4, 0.5) is 4.79 Å². The van der Waals surface area contributed by atoms with Crippen molar-refractivity contribution >= 4 is 50.5 Å². The molecular weight excluding hydrogens is 330 g/mol. The molecule has 1 fully saturated rings. The highest BCUT2D eigenvalue weighted by Gasteiger charge is 2.36. The third-order valence-electron chi connectivity index (χ3n) is 4.43. The van der Waals surface area contributed by atoms with E-state index in [4.69, 9.17) is 0 Å². The molecule has 1 aliphatic heterocycles. The van der Waals surface area contributed by atoms with Gasteiger partial charge >= 0.3 is 0 Å². The summed E-state index contributed by atoms with van der Waals surface area (Å²) < 4.78 is 0. The Balaban J connectivity index is 1.97. The number of carbonyl (C=O) groups excluding carboxylic acids is 2. The van der Waals surface area contributed by atoms with Gasteiger partial charge in [-0.05, 0) is 64.9 Å². The fourth-order valence-electron chi connectivity index (χ4n) is 3.26. The van der Waals surface area contributed by atoms with Gasteiger partial charge in [-0.15, -0.1) is 0 Å². The van der Waals surface area contributed by atoms with Crippen LogP contribution in [0.15, 0.2) is 59.5 Å². The minimum atomic E-state index is -0.206. The molecule has 3 aromatic rings. The molecule has 0 atom stereocenters. The molecule has 1 aliphatic rings. The first kappa shape index (κ1) is 15.9. The number of hydrogen-bond donors (Lipinski definition) is 0. The number of fused-ring (bicyclic) bond motifs is 2. The number of imide groups is 1. The Morgan fingerprint density at radius 1 is 0.920 bits per heavy atom. The van der Waals surface area contributed by atoms with E-state index in [1.165, 1.54) is 4.90 Å². The summed E-state index contributed by atoms with van der Waals surface area (Å²) in [5.74, 6) is -0.206. The normalized spacial score (nSPS) is 16.8. The topological polar surface area (TPSA) is 37.4 Å². The standard InChI is InChI=1S/C21H17NO2S/c1-13(2)22-20(23)19(25-21(22)24)12-18-16-9-5-3-7-14(16)11-15-8-4-6-10-17(15)18/h3-13H,1-2H3/b19-12+. The molecular formula is C21H17NO2S. The van der Waals surface area contributed by atoms with Crippen LogP contribution in [0.25, 0.3) is 27.6 Å². The lowest BCUT2D eigenvalue weighted by atomic mass is 9.96. The van der Waals surface area contributed by atoms with Crippen LogP contribution in [-0.2, 0) is 4.79 Å². The van der Waals surface area contributed by atoms with Gasteiger partial charge in [-0.25, -0.2) is 0 Å². The van der Waals surface area contributed by atoms with E-state index in [0.29, 0.717) is 4.91 Å². The minimum Gasteiger partial charge on any atom is -0.268 e. The number of benzene rings is 3. The van der Waals surface area contributed by atoms with Crippen LogP contribution in [0.3, 0.4) is 0 Å². The zero-order valence-corrected chi connectivity index (χ0v) is 14.8. The van der Waals surface area contributed by atoms with Crippen LogP contribution in [0.5, 0.6) is 0 Å². The molecule has 3 nitrogen and oxygen atoms in total.